The third-order valence-corrected chi connectivity index (χ3v) is 4.78. The Labute approximate surface area is 162 Å². The lowest BCUT2D eigenvalue weighted by Gasteiger charge is -2.16. The van der Waals surface area contributed by atoms with Crippen LogP contribution >= 0.6 is 0 Å². The molecule has 2 rings (SSSR count). The van der Waals surface area contributed by atoms with Crippen molar-refractivity contribution in [2.75, 3.05) is 12.4 Å². The van der Waals surface area contributed by atoms with Gasteiger partial charge in [-0.3, -0.25) is 5.32 Å². The summed E-state index contributed by atoms with van der Waals surface area (Å²) in [5.41, 5.74) is 1.22. The van der Waals surface area contributed by atoms with Crippen molar-refractivity contribution < 1.29 is 27.5 Å². The van der Waals surface area contributed by atoms with Crippen LogP contribution in [0.5, 0.6) is 5.75 Å². The summed E-state index contributed by atoms with van der Waals surface area (Å²) in [6.07, 6.45) is -1.04. The van der Waals surface area contributed by atoms with E-state index in [-0.39, 0.29) is 16.6 Å². The predicted octanol–water partition coefficient (Wildman–Crippen LogP) is 1.54. The van der Waals surface area contributed by atoms with Gasteiger partial charge in [0.25, 0.3) is 10.0 Å². The van der Waals surface area contributed by atoms with Gasteiger partial charge in [-0.2, -0.15) is 0 Å². The fourth-order valence-electron chi connectivity index (χ4n) is 2.26. The number of para-hydroxylation sites is 1. The van der Waals surface area contributed by atoms with E-state index in [1.54, 1.807) is 19.9 Å². The maximum atomic E-state index is 12.6. The monoisotopic (exact) mass is 408 g/mol. The normalized spacial score (nSPS) is 12.0. The predicted molar refractivity (Wildman–Crippen MR) is 99.4 cm³/mol. The van der Waals surface area contributed by atoms with Crippen LogP contribution in [0.3, 0.4) is 0 Å². The Hall–Kier alpha value is -3.21. The van der Waals surface area contributed by atoms with Crippen LogP contribution in [0, 0.1) is 13.8 Å². The number of ether oxygens (including phenoxy) is 2. The topological polar surface area (TPSA) is 137 Å². The zero-order valence-corrected chi connectivity index (χ0v) is 16.5. The van der Waals surface area contributed by atoms with E-state index < -0.39 is 28.1 Å². The van der Waals surface area contributed by atoms with Crippen molar-refractivity contribution in [2.45, 2.75) is 31.8 Å². The van der Waals surface area contributed by atoms with Crippen LogP contribution in [0.2, 0.25) is 0 Å². The van der Waals surface area contributed by atoms with E-state index >= 15 is 0 Å². The number of nitrogens with zero attached hydrogens (tertiary/aromatic N) is 2. The Morgan fingerprint density at radius 3 is 2.32 bits per heavy atom. The molecule has 150 valence electrons. The molecule has 1 atom stereocenters. The van der Waals surface area contributed by atoms with Crippen molar-refractivity contribution in [2.24, 2.45) is 0 Å². The molecule has 0 radical (unpaired) electrons. The second-order valence-corrected chi connectivity index (χ2v) is 7.41. The molecule has 1 aromatic carbocycles. The summed E-state index contributed by atoms with van der Waals surface area (Å²) in [6, 6.07) is 6.24. The number of amides is 2. The highest BCUT2D eigenvalue weighted by molar-refractivity contribution is 7.90. The second kappa shape index (κ2) is 8.65. The lowest BCUT2D eigenvalue weighted by Crippen LogP contribution is -2.35. The van der Waals surface area contributed by atoms with Gasteiger partial charge in [0, 0.05) is 11.4 Å². The van der Waals surface area contributed by atoms with Crippen LogP contribution < -0.4 is 14.8 Å². The van der Waals surface area contributed by atoms with Crippen LogP contribution in [0.1, 0.15) is 18.3 Å². The van der Waals surface area contributed by atoms with E-state index in [1.807, 2.05) is 4.72 Å². The SMILES string of the molecule is COC(=O)C(C)Oc1ccccc1S(=O)(=O)NC(=O)Nc1nc(C)cc(C)n1. The van der Waals surface area contributed by atoms with Gasteiger partial charge in [0.15, 0.2) is 6.10 Å². The third-order valence-electron chi connectivity index (χ3n) is 3.41. The van der Waals surface area contributed by atoms with Gasteiger partial charge in [-0.05, 0) is 39.0 Å². The molecule has 1 heterocycles. The minimum atomic E-state index is -4.30. The van der Waals surface area contributed by atoms with E-state index in [0.717, 1.165) is 0 Å². The summed E-state index contributed by atoms with van der Waals surface area (Å²) in [4.78, 5) is 31.3. The minimum absolute atomic E-state index is 0.0333. The largest absolute Gasteiger partial charge is 0.478 e. The summed E-state index contributed by atoms with van der Waals surface area (Å²) in [7, 11) is -3.12. The molecule has 0 aliphatic carbocycles. The van der Waals surface area contributed by atoms with Crippen molar-refractivity contribution in [3.8, 4) is 5.75 Å². The maximum absolute atomic E-state index is 12.6. The smallest absolute Gasteiger partial charge is 0.346 e. The Morgan fingerprint density at radius 2 is 1.71 bits per heavy atom. The van der Waals surface area contributed by atoms with E-state index in [0.29, 0.717) is 11.4 Å². The standard InChI is InChI=1S/C17H20N4O6S/c1-10-9-11(2)19-16(18-10)20-17(23)21-28(24,25)14-8-6-5-7-13(14)27-12(3)15(22)26-4/h5-9,12H,1-4H3,(H2,18,19,20,21,23). The van der Waals surface area contributed by atoms with Gasteiger partial charge in [-0.1, -0.05) is 12.1 Å². The summed E-state index contributed by atoms with van der Waals surface area (Å²) in [5, 5.41) is 2.27. The first kappa shape index (κ1) is 21.1. The molecule has 10 nitrogen and oxygen atoms in total. The lowest BCUT2D eigenvalue weighted by molar-refractivity contribution is -0.148. The van der Waals surface area contributed by atoms with Crippen LogP contribution in [0.4, 0.5) is 10.7 Å². The van der Waals surface area contributed by atoms with Crippen LogP contribution in [0.15, 0.2) is 35.2 Å². The molecule has 1 unspecified atom stereocenters. The van der Waals surface area contributed by atoms with Gasteiger partial charge < -0.3 is 9.47 Å². The van der Waals surface area contributed by atoms with Gasteiger partial charge in [0.05, 0.1) is 7.11 Å². The molecule has 0 fully saturated rings. The molecule has 0 bridgehead atoms. The van der Waals surface area contributed by atoms with E-state index in [4.69, 9.17) is 4.74 Å². The highest BCUT2D eigenvalue weighted by Crippen LogP contribution is 2.24. The quantitative estimate of drug-likeness (QED) is 0.687. The zero-order valence-electron chi connectivity index (χ0n) is 15.7. The number of hydrogen-bond acceptors (Lipinski definition) is 8. The Kier molecular flexibility index (Phi) is 6.52. The Morgan fingerprint density at radius 1 is 1.11 bits per heavy atom. The molecule has 2 aromatic rings. The fraction of sp³-hybridized carbons (Fsp3) is 0.294. The van der Waals surface area contributed by atoms with Gasteiger partial charge in [-0.25, -0.2) is 32.7 Å². The molecule has 2 amide bonds. The van der Waals surface area contributed by atoms with Gasteiger partial charge >= 0.3 is 12.0 Å². The van der Waals surface area contributed by atoms with Gasteiger partial charge in [-0.15, -0.1) is 0 Å². The number of hydrogen-bond donors (Lipinski definition) is 2. The van der Waals surface area contributed by atoms with Crippen LogP contribution in [-0.4, -0.2) is 43.6 Å². The minimum Gasteiger partial charge on any atom is -0.478 e. The molecule has 11 heteroatoms. The summed E-state index contributed by atoms with van der Waals surface area (Å²) < 4.78 is 37.0. The Balaban J connectivity index is 2.20. The van der Waals surface area contributed by atoms with Gasteiger partial charge in [0.2, 0.25) is 5.95 Å². The number of esters is 1. The van der Waals surface area contributed by atoms with Crippen molar-refractivity contribution in [1.82, 2.24) is 14.7 Å². The number of aromatic nitrogens is 2. The average Bonchev–Trinajstić information content (AvgIpc) is 2.59. The van der Waals surface area contributed by atoms with Crippen molar-refractivity contribution in [3.63, 3.8) is 0 Å². The average molecular weight is 408 g/mol. The molecular formula is C17H20N4O6S. The highest BCUT2D eigenvalue weighted by atomic mass is 32.2. The molecule has 0 aliphatic heterocycles. The number of urea groups is 1. The number of benzene rings is 1. The first-order valence-electron chi connectivity index (χ1n) is 8.12. The molecule has 28 heavy (non-hydrogen) atoms. The molecule has 0 spiro atoms. The molecule has 0 aliphatic rings. The lowest BCUT2D eigenvalue weighted by atomic mass is 10.3. The Bertz CT molecular complexity index is 973. The maximum Gasteiger partial charge on any atom is 0.346 e. The number of carbonyl (C=O) groups excluding carboxylic acids is 2. The van der Waals surface area contributed by atoms with Gasteiger partial charge in [0.1, 0.15) is 10.6 Å². The van der Waals surface area contributed by atoms with Crippen LogP contribution in [-0.2, 0) is 19.6 Å². The summed E-state index contributed by atoms with van der Waals surface area (Å²) in [6.45, 7) is 4.84. The molecule has 0 saturated heterocycles. The third kappa shape index (κ3) is 5.39. The van der Waals surface area contributed by atoms with E-state index in [1.165, 1.54) is 38.3 Å². The molecule has 2 N–H and O–H groups in total. The first-order valence-corrected chi connectivity index (χ1v) is 9.60. The summed E-state index contributed by atoms with van der Waals surface area (Å²) >= 11 is 0. The number of aryl methyl sites for hydroxylation is 2. The first-order chi connectivity index (χ1) is 13.1. The molecular weight excluding hydrogens is 388 g/mol. The molecule has 1 aromatic heterocycles. The number of nitrogens with one attached hydrogen (secondary N) is 2. The zero-order chi connectivity index (χ0) is 20.9. The molecule has 0 saturated carbocycles. The fourth-order valence-corrected chi connectivity index (χ4v) is 3.30. The summed E-state index contributed by atoms with van der Waals surface area (Å²) in [5.74, 6) is -0.817. The highest BCUT2D eigenvalue weighted by Gasteiger charge is 2.25. The van der Waals surface area contributed by atoms with E-state index in [2.05, 4.69) is 20.0 Å². The number of sulfonamides is 1. The van der Waals surface area contributed by atoms with Crippen LogP contribution in [0.25, 0.3) is 0 Å². The second-order valence-electron chi connectivity index (χ2n) is 5.76. The number of rotatable bonds is 6. The number of methoxy groups -OCH3 is 1. The number of anilines is 1. The van der Waals surface area contributed by atoms with Crippen molar-refractivity contribution in [1.29, 1.82) is 0 Å². The number of carbonyl (C=O) groups is 2. The van der Waals surface area contributed by atoms with Crippen molar-refractivity contribution >= 4 is 28.0 Å². The van der Waals surface area contributed by atoms with E-state index in [9.17, 15) is 18.0 Å². The van der Waals surface area contributed by atoms with Crippen molar-refractivity contribution in [3.05, 3.63) is 41.7 Å².